The third kappa shape index (κ3) is 4.04. The van der Waals surface area contributed by atoms with Crippen LogP contribution in [-0.4, -0.2) is 50.1 Å². The Bertz CT molecular complexity index is 1090. The number of hydrogen-bond acceptors (Lipinski definition) is 6. The van der Waals surface area contributed by atoms with Gasteiger partial charge in [0.05, 0.1) is 13.2 Å². The minimum Gasteiger partial charge on any atom is -0.465 e. The van der Waals surface area contributed by atoms with E-state index in [9.17, 15) is 19.2 Å². The summed E-state index contributed by atoms with van der Waals surface area (Å²) in [5.74, 6) is -6.14. The number of esters is 2. The van der Waals surface area contributed by atoms with Crippen molar-refractivity contribution in [3.63, 3.8) is 0 Å². The van der Waals surface area contributed by atoms with Crippen molar-refractivity contribution in [3.8, 4) is 0 Å². The van der Waals surface area contributed by atoms with Gasteiger partial charge in [-0.15, -0.1) is 0 Å². The van der Waals surface area contributed by atoms with Crippen molar-refractivity contribution < 1.29 is 28.7 Å². The molecular weight excluding hydrogens is 460 g/mol. The Balaban J connectivity index is 2.02. The molecule has 2 aliphatic heterocycles. The number of carbonyl (C=O) groups excluding carboxylic acids is 4. The van der Waals surface area contributed by atoms with Crippen molar-refractivity contribution in [1.82, 2.24) is 0 Å². The number of hydrogen-bond donors (Lipinski definition) is 0. The molecule has 2 aromatic carbocycles. The van der Waals surface area contributed by atoms with Crippen molar-refractivity contribution in [2.75, 3.05) is 36.1 Å². The molecule has 2 aliphatic rings. The van der Waals surface area contributed by atoms with E-state index in [0.717, 1.165) is 11.1 Å². The second-order valence-electron chi connectivity index (χ2n) is 8.79. The summed E-state index contributed by atoms with van der Waals surface area (Å²) < 4.78 is 10.8. The predicted molar refractivity (Wildman–Crippen MR) is 135 cm³/mol. The third-order valence-electron chi connectivity index (χ3n) is 7.06. The van der Waals surface area contributed by atoms with E-state index in [-0.39, 0.29) is 13.2 Å². The van der Waals surface area contributed by atoms with Gasteiger partial charge in [0, 0.05) is 36.3 Å². The number of rotatable bonds is 7. The van der Waals surface area contributed by atoms with Crippen molar-refractivity contribution >= 4 is 35.1 Å². The quantitative estimate of drug-likeness (QED) is 0.433. The van der Waals surface area contributed by atoms with Crippen LogP contribution in [0.4, 0.5) is 11.4 Å². The summed E-state index contributed by atoms with van der Waals surface area (Å²) in [4.78, 5) is 57.5. The van der Waals surface area contributed by atoms with E-state index >= 15 is 0 Å². The molecule has 0 fully saturated rings. The van der Waals surface area contributed by atoms with Crippen LogP contribution in [0.3, 0.4) is 0 Å². The van der Waals surface area contributed by atoms with Gasteiger partial charge in [-0.25, -0.2) is 0 Å². The Hall–Kier alpha value is -3.68. The van der Waals surface area contributed by atoms with Crippen LogP contribution in [0, 0.1) is 11.8 Å². The van der Waals surface area contributed by atoms with Gasteiger partial charge < -0.3 is 19.3 Å². The topological polar surface area (TPSA) is 93.2 Å². The number of benzene rings is 2. The molecule has 0 bridgehead atoms. The molecule has 0 spiro atoms. The molecule has 4 unspecified atom stereocenters. The minimum absolute atomic E-state index is 0.105. The second kappa shape index (κ2) is 10.5. The smallest absolute Gasteiger partial charge is 0.319 e. The summed E-state index contributed by atoms with van der Waals surface area (Å²) in [5.41, 5.74) is 2.79. The van der Waals surface area contributed by atoms with Gasteiger partial charge in [-0.2, -0.15) is 0 Å². The van der Waals surface area contributed by atoms with E-state index in [0.29, 0.717) is 24.5 Å². The molecule has 0 saturated heterocycles. The molecular formula is C28H32N2O6. The zero-order valence-corrected chi connectivity index (χ0v) is 21.1. The number of anilines is 2. The molecule has 4 rings (SSSR count). The maximum absolute atomic E-state index is 13.8. The number of fused-ring (bicyclic) bond motifs is 2. The van der Waals surface area contributed by atoms with Gasteiger partial charge in [0.25, 0.3) is 0 Å². The Labute approximate surface area is 211 Å². The summed E-state index contributed by atoms with van der Waals surface area (Å²) in [6, 6.07) is 14.7. The minimum atomic E-state index is -1.21. The van der Waals surface area contributed by atoms with Gasteiger partial charge >= 0.3 is 11.9 Å². The highest BCUT2D eigenvalue weighted by atomic mass is 16.5. The lowest BCUT2D eigenvalue weighted by Gasteiger charge is -2.46. The average molecular weight is 493 g/mol. The van der Waals surface area contributed by atoms with E-state index in [1.165, 1.54) is 0 Å². The summed E-state index contributed by atoms with van der Waals surface area (Å²) in [6.07, 6.45) is 0. The molecule has 0 aromatic heterocycles. The molecule has 2 heterocycles. The first kappa shape index (κ1) is 25.4. The average Bonchev–Trinajstić information content (AvgIpc) is 2.87. The highest BCUT2D eigenvalue weighted by molar-refractivity contribution is 6.12. The van der Waals surface area contributed by atoms with Crippen LogP contribution in [-0.2, 0) is 28.7 Å². The first-order chi connectivity index (χ1) is 17.4. The maximum Gasteiger partial charge on any atom is 0.319 e. The van der Waals surface area contributed by atoms with Crippen LogP contribution < -0.4 is 9.80 Å². The SMILES string of the molecule is CCOC(=O)C1C(=O)N(CC)c2ccccc2C1C1c2ccccc2N(CC)C(=O)C1C(=O)OCC. The Morgan fingerprint density at radius 2 is 1.03 bits per heavy atom. The molecule has 0 radical (unpaired) electrons. The van der Waals surface area contributed by atoms with Gasteiger partial charge in [0.2, 0.25) is 11.8 Å². The molecule has 0 saturated carbocycles. The van der Waals surface area contributed by atoms with Crippen molar-refractivity contribution in [1.29, 1.82) is 0 Å². The van der Waals surface area contributed by atoms with Gasteiger partial charge in [-0.3, -0.25) is 19.2 Å². The highest BCUT2D eigenvalue weighted by Gasteiger charge is 2.56. The number of para-hydroxylation sites is 2. The monoisotopic (exact) mass is 492 g/mol. The fraction of sp³-hybridized carbons (Fsp3) is 0.429. The Morgan fingerprint density at radius 1 is 0.667 bits per heavy atom. The molecule has 0 N–H and O–H groups in total. The van der Waals surface area contributed by atoms with E-state index in [1.807, 2.05) is 62.4 Å². The lowest BCUT2D eigenvalue weighted by atomic mass is 9.64. The van der Waals surface area contributed by atoms with E-state index in [4.69, 9.17) is 9.47 Å². The molecule has 4 atom stereocenters. The van der Waals surface area contributed by atoms with Crippen LogP contribution in [0.1, 0.15) is 50.7 Å². The van der Waals surface area contributed by atoms with Gasteiger partial charge in [-0.1, -0.05) is 36.4 Å². The molecule has 36 heavy (non-hydrogen) atoms. The summed E-state index contributed by atoms with van der Waals surface area (Å²) in [6.45, 7) is 8.00. The van der Waals surface area contributed by atoms with Crippen LogP contribution in [0.25, 0.3) is 0 Å². The zero-order chi connectivity index (χ0) is 26.0. The number of carbonyl (C=O) groups is 4. The van der Waals surface area contributed by atoms with Crippen LogP contribution in [0.15, 0.2) is 48.5 Å². The van der Waals surface area contributed by atoms with E-state index < -0.39 is 47.4 Å². The van der Waals surface area contributed by atoms with Gasteiger partial charge in [-0.05, 0) is 51.0 Å². The number of nitrogens with zero attached hydrogens (tertiary/aromatic N) is 2. The summed E-state index contributed by atoms with van der Waals surface area (Å²) in [5, 5.41) is 0. The highest BCUT2D eigenvalue weighted by Crippen LogP contribution is 2.54. The fourth-order valence-corrected chi connectivity index (χ4v) is 5.68. The Kier molecular flexibility index (Phi) is 7.43. The van der Waals surface area contributed by atoms with Gasteiger partial charge in [0.1, 0.15) is 11.8 Å². The van der Waals surface area contributed by atoms with Crippen LogP contribution >= 0.6 is 0 Å². The Morgan fingerprint density at radius 3 is 1.36 bits per heavy atom. The molecule has 2 amide bonds. The third-order valence-corrected chi connectivity index (χ3v) is 7.06. The first-order valence-electron chi connectivity index (χ1n) is 12.5. The number of amides is 2. The molecule has 8 nitrogen and oxygen atoms in total. The van der Waals surface area contributed by atoms with E-state index in [2.05, 4.69) is 0 Å². The molecule has 8 heteroatoms. The van der Waals surface area contributed by atoms with Crippen molar-refractivity contribution in [2.24, 2.45) is 11.8 Å². The van der Waals surface area contributed by atoms with Crippen molar-refractivity contribution in [3.05, 3.63) is 59.7 Å². The lowest BCUT2D eigenvalue weighted by Crippen LogP contribution is -2.53. The molecule has 2 aromatic rings. The predicted octanol–water partition coefficient (Wildman–Crippen LogP) is 3.65. The largest absolute Gasteiger partial charge is 0.465 e. The summed E-state index contributed by atoms with van der Waals surface area (Å²) in [7, 11) is 0. The molecule has 0 aliphatic carbocycles. The summed E-state index contributed by atoms with van der Waals surface area (Å²) >= 11 is 0. The van der Waals surface area contributed by atoms with Crippen molar-refractivity contribution in [2.45, 2.75) is 39.5 Å². The maximum atomic E-state index is 13.8. The lowest BCUT2D eigenvalue weighted by molar-refractivity contribution is -0.158. The number of ether oxygens (including phenoxy) is 2. The zero-order valence-electron chi connectivity index (χ0n) is 21.1. The van der Waals surface area contributed by atoms with Gasteiger partial charge in [0.15, 0.2) is 0 Å². The second-order valence-corrected chi connectivity index (χ2v) is 8.79. The normalized spacial score (nSPS) is 23.1. The standard InChI is InChI=1S/C28H32N2O6/c1-5-29-19-15-11-9-13-17(19)21(23(25(29)31)27(33)35-7-3)22-18-14-10-12-16-20(18)30(6-2)26(32)24(22)28(34)36-8-4/h9-16,21-24H,5-8H2,1-4H3. The fourth-order valence-electron chi connectivity index (χ4n) is 5.68. The van der Waals surface area contributed by atoms with E-state index in [1.54, 1.807) is 23.6 Å². The first-order valence-corrected chi connectivity index (χ1v) is 12.5. The van der Waals surface area contributed by atoms with Crippen LogP contribution in [0.2, 0.25) is 0 Å². The molecule has 190 valence electrons. The van der Waals surface area contributed by atoms with Crippen LogP contribution in [0.5, 0.6) is 0 Å².